The third kappa shape index (κ3) is 3.87. The first kappa shape index (κ1) is 15.6. The van der Waals surface area contributed by atoms with Gasteiger partial charge in [0.25, 0.3) is 0 Å². The molecule has 0 aromatic heterocycles. The van der Waals surface area contributed by atoms with E-state index in [1.807, 2.05) is 11.8 Å². The fourth-order valence-corrected chi connectivity index (χ4v) is 3.70. The average Bonchev–Trinajstić information content (AvgIpc) is 2.44. The zero-order valence-electron chi connectivity index (χ0n) is 12.1. The third-order valence-electron chi connectivity index (χ3n) is 3.69. The molecular weight excluding hydrogens is 275 g/mol. The van der Waals surface area contributed by atoms with Crippen molar-refractivity contribution in [3.05, 3.63) is 29.6 Å². The van der Waals surface area contributed by atoms with Gasteiger partial charge < -0.3 is 15.4 Å². The highest BCUT2D eigenvalue weighted by Crippen LogP contribution is 2.28. The molecule has 5 heteroatoms. The Morgan fingerprint density at radius 2 is 2.35 bits per heavy atom. The van der Waals surface area contributed by atoms with Gasteiger partial charge in [0.15, 0.2) is 0 Å². The van der Waals surface area contributed by atoms with Gasteiger partial charge in [0, 0.05) is 42.2 Å². The maximum Gasteiger partial charge on any atom is 0.131 e. The number of hydrogen-bond acceptors (Lipinski definition) is 4. The van der Waals surface area contributed by atoms with Crippen LogP contribution in [0.25, 0.3) is 0 Å². The van der Waals surface area contributed by atoms with Gasteiger partial charge in [-0.2, -0.15) is 11.8 Å². The van der Waals surface area contributed by atoms with E-state index in [4.69, 9.17) is 10.5 Å². The standard InChI is InChI=1S/C15H23FN2OS/c1-11-10-18(8-9-20-11)7-6-13(17)15-12(16)4-3-5-14(15)19-2/h3-5,11,13H,6-10,17H2,1-2H3. The zero-order valence-corrected chi connectivity index (χ0v) is 13.0. The van der Waals surface area contributed by atoms with E-state index in [0.717, 1.165) is 26.1 Å². The van der Waals surface area contributed by atoms with Crippen molar-refractivity contribution in [2.45, 2.75) is 24.6 Å². The number of halogens is 1. The Balaban J connectivity index is 1.96. The van der Waals surface area contributed by atoms with E-state index in [0.29, 0.717) is 16.6 Å². The van der Waals surface area contributed by atoms with Gasteiger partial charge in [0.2, 0.25) is 0 Å². The predicted molar refractivity (Wildman–Crippen MR) is 82.9 cm³/mol. The van der Waals surface area contributed by atoms with Crippen molar-refractivity contribution in [3.63, 3.8) is 0 Å². The van der Waals surface area contributed by atoms with Crippen LogP contribution in [-0.2, 0) is 0 Å². The van der Waals surface area contributed by atoms with E-state index in [-0.39, 0.29) is 11.9 Å². The molecule has 1 aromatic carbocycles. The van der Waals surface area contributed by atoms with Crippen molar-refractivity contribution in [3.8, 4) is 5.75 Å². The predicted octanol–water partition coefficient (Wildman–Crippen LogP) is 2.66. The van der Waals surface area contributed by atoms with Crippen molar-refractivity contribution in [2.24, 2.45) is 5.73 Å². The minimum atomic E-state index is -0.323. The maximum absolute atomic E-state index is 13.9. The molecule has 3 nitrogen and oxygen atoms in total. The molecule has 2 N–H and O–H groups in total. The van der Waals surface area contributed by atoms with Crippen LogP contribution in [0, 0.1) is 5.82 Å². The highest BCUT2D eigenvalue weighted by atomic mass is 32.2. The topological polar surface area (TPSA) is 38.5 Å². The number of benzene rings is 1. The summed E-state index contributed by atoms with van der Waals surface area (Å²) in [5.74, 6) is 1.43. The van der Waals surface area contributed by atoms with Crippen LogP contribution in [0.5, 0.6) is 5.75 Å². The molecule has 2 unspecified atom stereocenters. The molecular formula is C15H23FN2OS. The average molecular weight is 298 g/mol. The summed E-state index contributed by atoms with van der Waals surface area (Å²) in [5, 5.41) is 0.669. The molecule has 2 rings (SSSR count). The van der Waals surface area contributed by atoms with Gasteiger partial charge in [-0.15, -0.1) is 0 Å². The first-order valence-corrected chi connectivity index (χ1v) is 8.08. The number of nitrogens with two attached hydrogens (primary N) is 1. The van der Waals surface area contributed by atoms with Crippen molar-refractivity contribution < 1.29 is 9.13 Å². The van der Waals surface area contributed by atoms with E-state index in [9.17, 15) is 4.39 Å². The Kier molecular flexibility index (Phi) is 5.69. The van der Waals surface area contributed by atoms with E-state index < -0.39 is 0 Å². The normalized spacial score (nSPS) is 21.7. The summed E-state index contributed by atoms with van der Waals surface area (Å²) in [6.45, 7) is 5.34. The van der Waals surface area contributed by atoms with Crippen LogP contribution >= 0.6 is 11.8 Å². The van der Waals surface area contributed by atoms with Crippen molar-refractivity contribution in [1.29, 1.82) is 0 Å². The van der Waals surface area contributed by atoms with Crippen LogP contribution in [0.4, 0.5) is 4.39 Å². The lowest BCUT2D eigenvalue weighted by molar-refractivity contribution is 0.273. The summed E-state index contributed by atoms with van der Waals surface area (Å²) in [4.78, 5) is 2.41. The Labute approximate surface area is 124 Å². The van der Waals surface area contributed by atoms with Crippen molar-refractivity contribution in [1.82, 2.24) is 4.90 Å². The van der Waals surface area contributed by atoms with Crippen LogP contribution in [0.2, 0.25) is 0 Å². The molecule has 1 heterocycles. The van der Waals surface area contributed by atoms with E-state index in [2.05, 4.69) is 11.8 Å². The van der Waals surface area contributed by atoms with Gasteiger partial charge >= 0.3 is 0 Å². The lowest BCUT2D eigenvalue weighted by Gasteiger charge is -2.31. The lowest BCUT2D eigenvalue weighted by atomic mass is 10.0. The summed E-state index contributed by atoms with van der Waals surface area (Å²) in [6.07, 6.45) is 0.745. The van der Waals surface area contributed by atoms with Gasteiger partial charge in [-0.05, 0) is 18.6 Å². The molecule has 0 aliphatic carbocycles. The van der Waals surface area contributed by atoms with Crippen LogP contribution in [0.3, 0.4) is 0 Å². The van der Waals surface area contributed by atoms with Crippen LogP contribution in [0.15, 0.2) is 18.2 Å². The zero-order chi connectivity index (χ0) is 14.5. The number of rotatable bonds is 5. The first-order valence-electron chi connectivity index (χ1n) is 7.03. The molecule has 1 aliphatic rings. The second-order valence-electron chi connectivity index (χ2n) is 5.23. The van der Waals surface area contributed by atoms with Crippen molar-refractivity contribution in [2.75, 3.05) is 32.5 Å². The summed E-state index contributed by atoms with van der Waals surface area (Å²) in [7, 11) is 1.55. The number of ether oxygens (including phenoxy) is 1. The molecule has 20 heavy (non-hydrogen) atoms. The second kappa shape index (κ2) is 7.29. The molecule has 0 spiro atoms. The molecule has 112 valence electrons. The molecule has 1 aliphatic heterocycles. The molecule has 0 amide bonds. The van der Waals surface area contributed by atoms with Gasteiger partial charge in [-0.25, -0.2) is 4.39 Å². The van der Waals surface area contributed by atoms with Crippen LogP contribution in [0.1, 0.15) is 24.9 Å². The summed E-state index contributed by atoms with van der Waals surface area (Å²) < 4.78 is 19.2. The number of methoxy groups -OCH3 is 1. The second-order valence-corrected chi connectivity index (χ2v) is 6.78. The summed E-state index contributed by atoms with van der Waals surface area (Å²) in [6, 6.07) is 4.53. The van der Waals surface area contributed by atoms with Crippen LogP contribution < -0.4 is 10.5 Å². The SMILES string of the molecule is COc1cccc(F)c1C(N)CCN1CCSC(C)C1. The summed E-state index contributed by atoms with van der Waals surface area (Å²) >= 11 is 2.01. The molecule has 1 fully saturated rings. The van der Waals surface area contributed by atoms with Crippen LogP contribution in [-0.4, -0.2) is 42.6 Å². The Morgan fingerprint density at radius 1 is 1.55 bits per heavy atom. The van der Waals surface area contributed by atoms with Crippen molar-refractivity contribution >= 4 is 11.8 Å². The highest BCUT2D eigenvalue weighted by molar-refractivity contribution is 7.99. The number of thioether (sulfide) groups is 1. The van der Waals surface area contributed by atoms with Gasteiger partial charge in [-0.3, -0.25) is 0 Å². The van der Waals surface area contributed by atoms with Gasteiger partial charge in [0.05, 0.1) is 7.11 Å². The quantitative estimate of drug-likeness (QED) is 0.907. The molecule has 0 saturated carbocycles. The van der Waals surface area contributed by atoms with E-state index in [1.54, 1.807) is 19.2 Å². The van der Waals surface area contributed by atoms with E-state index in [1.165, 1.54) is 11.8 Å². The third-order valence-corrected chi connectivity index (χ3v) is 4.82. The smallest absolute Gasteiger partial charge is 0.131 e. The van der Waals surface area contributed by atoms with Gasteiger partial charge in [-0.1, -0.05) is 13.0 Å². The lowest BCUT2D eigenvalue weighted by Crippen LogP contribution is -2.38. The molecule has 1 saturated heterocycles. The molecule has 0 bridgehead atoms. The minimum Gasteiger partial charge on any atom is -0.496 e. The summed E-state index contributed by atoms with van der Waals surface area (Å²) in [5.41, 5.74) is 6.67. The Bertz CT molecular complexity index is 444. The first-order chi connectivity index (χ1) is 9.61. The number of hydrogen-bond donors (Lipinski definition) is 1. The molecule has 2 atom stereocenters. The largest absolute Gasteiger partial charge is 0.496 e. The number of nitrogens with zero attached hydrogens (tertiary/aromatic N) is 1. The van der Waals surface area contributed by atoms with Gasteiger partial charge in [0.1, 0.15) is 11.6 Å². The van der Waals surface area contributed by atoms with E-state index >= 15 is 0 Å². The monoisotopic (exact) mass is 298 g/mol. The Morgan fingerprint density at radius 3 is 3.05 bits per heavy atom. The highest BCUT2D eigenvalue weighted by Gasteiger charge is 2.20. The Hall–Kier alpha value is -0.780. The molecule has 0 radical (unpaired) electrons. The maximum atomic E-state index is 13.9. The molecule has 1 aromatic rings. The fraction of sp³-hybridized carbons (Fsp3) is 0.600. The fourth-order valence-electron chi connectivity index (χ4n) is 2.61. The minimum absolute atomic E-state index is 0.278.